The molecule has 13 heavy (non-hydrogen) atoms. The minimum absolute atomic E-state index is 0.140. The van der Waals surface area contributed by atoms with Crippen molar-refractivity contribution in [3.63, 3.8) is 0 Å². The van der Waals surface area contributed by atoms with Gasteiger partial charge in [-0.1, -0.05) is 6.07 Å². The second kappa shape index (κ2) is 3.92. The van der Waals surface area contributed by atoms with Crippen LogP contribution in [0, 0.1) is 9.39 Å². The van der Waals surface area contributed by atoms with Gasteiger partial charge >= 0.3 is 0 Å². The lowest BCUT2D eigenvalue weighted by Crippen LogP contribution is -2.08. The highest BCUT2D eigenvalue weighted by Crippen LogP contribution is 2.27. The van der Waals surface area contributed by atoms with Crippen molar-refractivity contribution in [3.8, 4) is 0 Å². The molecule has 1 aromatic rings. The zero-order chi connectivity index (χ0) is 9.26. The Hall–Kier alpha value is -0.160. The second-order valence-electron chi connectivity index (χ2n) is 3.36. The molecule has 0 unspecified atom stereocenters. The maximum absolute atomic E-state index is 12.8. The van der Waals surface area contributed by atoms with E-state index in [9.17, 15) is 4.39 Å². The number of rotatable bonds is 1. The van der Waals surface area contributed by atoms with Gasteiger partial charge in [0.1, 0.15) is 5.82 Å². The average molecular weight is 291 g/mol. The van der Waals surface area contributed by atoms with Gasteiger partial charge in [0.25, 0.3) is 0 Å². The third-order valence-electron chi connectivity index (χ3n) is 2.46. The Balaban J connectivity index is 2.29. The summed E-state index contributed by atoms with van der Waals surface area (Å²) in [5.41, 5.74) is 1.28. The topological polar surface area (TPSA) is 12.0 Å². The van der Waals surface area contributed by atoms with Crippen LogP contribution in [0.4, 0.5) is 4.39 Å². The normalized spacial score (nSPS) is 22.2. The first-order chi connectivity index (χ1) is 6.27. The summed E-state index contributed by atoms with van der Waals surface area (Å²) < 4.78 is 13.9. The quantitative estimate of drug-likeness (QED) is 0.784. The summed E-state index contributed by atoms with van der Waals surface area (Å²) in [4.78, 5) is 0. The molecule has 1 fully saturated rings. The molecule has 0 aliphatic carbocycles. The van der Waals surface area contributed by atoms with E-state index in [0.717, 1.165) is 16.7 Å². The Kier molecular flexibility index (Phi) is 2.83. The van der Waals surface area contributed by atoms with Crippen LogP contribution < -0.4 is 5.32 Å². The van der Waals surface area contributed by atoms with E-state index in [4.69, 9.17) is 0 Å². The molecule has 0 amide bonds. The zero-order valence-electron chi connectivity index (χ0n) is 7.19. The summed E-state index contributed by atoms with van der Waals surface area (Å²) in [7, 11) is 0. The van der Waals surface area contributed by atoms with Crippen LogP contribution in [-0.4, -0.2) is 13.1 Å². The van der Waals surface area contributed by atoms with E-state index in [0.29, 0.717) is 5.92 Å². The fraction of sp³-hybridized carbons (Fsp3) is 0.400. The van der Waals surface area contributed by atoms with E-state index in [1.54, 1.807) is 12.1 Å². The van der Waals surface area contributed by atoms with Gasteiger partial charge in [0.2, 0.25) is 0 Å². The van der Waals surface area contributed by atoms with Crippen LogP contribution in [0.25, 0.3) is 0 Å². The lowest BCUT2D eigenvalue weighted by molar-refractivity contribution is 0.624. The van der Waals surface area contributed by atoms with Crippen molar-refractivity contribution in [2.24, 2.45) is 0 Å². The Morgan fingerprint density at radius 3 is 2.92 bits per heavy atom. The monoisotopic (exact) mass is 291 g/mol. The van der Waals surface area contributed by atoms with Crippen molar-refractivity contribution in [2.75, 3.05) is 13.1 Å². The zero-order valence-corrected chi connectivity index (χ0v) is 9.34. The molecule has 1 aliphatic rings. The molecule has 0 radical (unpaired) electrons. The number of nitrogens with one attached hydrogen (secondary N) is 1. The highest BCUT2D eigenvalue weighted by atomic mass is 127. The molecule has 1 heterocycles. The summed E-state index contributed by atoms with van der Waals surface area (Å²) >= 11 is 2.21. The highest BCUT2D eigenvalue weighted by Gasteiger charge is 2.18. The Bertz CT molecular complexity index is 308. The first kappa shape index (κ1) is 9.40. The molecule has 0 bridgehead atoms. The Morgan fingerprint density at radius 1 is 1.46 bits per heavy atom. The molecule has 1 atom stereocenters. The minimum Gasteiger partial charge on any atom is -0.316 e. The van der Waals surface area contributed by atoms with Crippen molar-refractivity contribution in [3.05, 3.63) is 33.1 Å². The van der Waals surface area contributed by atoms with Crippen LogP contribution in [0.5, 0.6) is 0 Å². The molecule has 1 aliphatic heterocycles. The van der Waals surface area contributed by atoms with Crippen molar-refractivity contribution >= 4 is 22.6 Å². The fourth-order valence-electron chi connectivity index (χ4n) is 1.75. The number of halogens is 2. The van der Waals surface area contributed by atoms with Gasteiger partial charge in [0.15, 0.2) is 0 Å². The van der Waals surface area contributed by atoms with Gasteiger partial charge in [0.05, 0.1) is 0 Å². The summed E-state index contributed by atoms with van der Waals surface area (Å²) in [6, 6.07) is 5.07. The van der Waals surface area contributed by atoms with E-state index >= 15 is 0 Å². The lowest BCUT2D eigenvalue weighted by Gasteiger charge is -2.10. The lowest BCUT2D eigenvalue weighted by atomic mass is 9.99. The van der Waals surface area contributed by atoms with Crippen LogP contribution in [0.3, 0.4) is 0 Å². The molecule has 3 heteroatoms. The molecule has 70 valence electrons. The number of benzene rings is 1. The Morgan fingerprint density at radius 2 is 2.31 bits per heavy atom. The van der Waals surface area contributed by atoms with E-state index in [1.165, 1.54) is 12.0 Å². The van der Waals surface area contributed by atoms with Crippen LogP contribution in [-0.2, 0) is 0 Å². The van der Waals surface area contributed by atoms with Gasteiger partial charge in [-0.05, 0) is 59.2 Å². The first-order valence-corrected chi connectivity index (χ1v) is 5.51. The van der Waals surface area contributed by atoms with Crippen molar-refractivity contribution < 1.29 is 4.39 Å². The van der Waals surface area contributed by atoms with Gasteiger partial charge in [-0.2, -0.15) is 0 Å². The van der Waals surface area contributed by atoms with E-state index in [2.05, 4.69) is 27.9 Å². The van der Waals surface area contributed by atoms with Crippen LogP contribution in [0.1, 0.15) is 17.9 Å². The van der Waals surface area contributed by atoms with Gasteiger partial charge in [-0.15, -0.1) is 0 Å². The maximum atomic E-state index is 12.8. The summed E-state index contributed by atoms with van der Waals surface area (Å²) in [5.74, 6) is 0.437. The van der Waals surface area contributed by atoms with Gasteiger partial charge in [-0.25, -0.2) is 4.39 Å². The molecule has 0 saturated carbocycles. The molecule has 2 rings (SSSR count). The predicted molar refractivity (Wildman–Crippen MR) is 59.3 cm³/mol. The molecule has 0 aromatic heterocycles. The van der Waals surface area contributed by atoms with Crippen LogP contribution in [0.15, 0.2) is 18.2 Å². The van der Waals surface area contributed by atoms with E-state index in [1.807, 2.05) is 6.07 Å². The summed E-state index contributed by atoms with van der Waals surface area (Å²) in [6.07, 6.45) is 1.17. The summed E-state index contributed by atoms with van der Waals surface area (Å²) in [5, 5.41) is 3.32. The molecule has 0 spiro atoms. The average Bonchev–Trinajstić information content (AvgIpc) is 2.56. The SMILES string of the molecule is Fc1ccc([C@H]2CCNC2)c(I)c1. The van der Waals surface area contributed by atoms with Crippen LogP contribution in [0.2, 0.25) is 0 Å². The van der Waals surface area contributed by atoms with Gasteiger partial charge in [-0.3, -0.25) is 0 Å². The van der Waals surface area contributed by atoms with Crippen LogP contribution >= 0.6 is 22.6 Å². The van der Waals surface area contributed by atoms with E-state index < -0.39 is 0 Å². The molecule has 1 saturated heterocycles. The largest absolute Gasteiger partial charge is 0.316 e. The molecule has 1 nitrogen and oxygen atoms in total. The number of hydrogen-bond donors (Lipinski definition) is 1. The van der Waals surface area contributed by atoms with Gasteiger partial charge in [0, 0.05) is 10.1 Å². The third-order valence-corrected chi connectivity index (χ3v) is 3.40. The molecule has 1 aromatic carbocycles. The highest BCUT2D eigenvalue weighted by molar-refractivity contribution is 14.1. The predicted octanol–water partition coefficient (Wildman–Crippen LogP) is 2.51. The third kappa shape index (κ3) is 2.02. The fourth-order valence-corrected chi connectivity index (χ4v) is 2.67. The minimum atomic E-state index is -0.140. The summed E-state index contributed by atoms with van der Waals surface area (Å²) in [6.45, 7) is 2.11. The van der Waals surface area contributed by atoms with Crippen molar-refractivity contribution in [2.45, 2.75) is 12.3 Å². The second-order valence-corrected chi connectivity index (χ2v) is 4.52. The Labute approximate surface area is 90.9 Å². The standard InChI is InChI=1S/C10H11FIN/c11-8-1-2-9(10(12)5-8)7-3-4-13-6-7/h1-2,5,7,13H,3-4,6H2/t7-/m0/s1. The smallest absolute Gasteiger partial charge is 0.124 e. The van der Waals surface area contributed by atoms with E-state index in [-0.39, 0.29) is 5.82 Å². The first-order valence-electron chi connectivity index (χ1n) is 4.43. The molecular formula is C10H11FIN. The maximum Gasteiger partial charge on any atom is 0.124 e. The number of hydrogen-bond acceptors (Lipinski definition) is 1. The molecular weight excluding hydrogens is 280 g/mol. The molecule has 1 N–H and O–H groups in total. The van der Waals surface area contributed by atoms with Crippen molar-refractivity contribution in [1.29, 1.82) is 0 Å². The van der Waals surface area contributed by atoms with Crippen molar-refractivity contribution in [1.82, 2.24) is 5.32 Å². The van der Waals surface area contributed by atoms with Gasteiger partial charge < -0.3 is 5.32 Å².